The van der Waals surface area contributed by atoms with Crippen LogP contribution in [0.5, 0.6) is 0 Å². The van der Waals surface area contributed by atoms with Crippen molar-refractivity contribution in [3.05, 3.63) is 88.4 Å². The van der Waals surface area contributed by atoms with E-state index < -0.39 is 23.5 Å². The standard InChI is InChI=1S/C32H39FN4O5.C2H6/c1-8-27(20(2)30-21(3)41-14-13-37(30)31(39)42-32(4,5)6)36-12-11-23-18-34-28(15-24(23)19-36)35-25-10-9-22(26(33)17-25)16-29(38)40-7;1-2/h8-10,15,17-18H,1,11-14,16,19H2,2-7H3,(H,34,35);1-2H3/b27-20+;. The largest absolute Gasteiger partial charge is 0.494 e. The lowest BCUT2D eigenvalue weighted by molar-refractivity contribution is -0.139. The molecule has 0 spiro atoms. The summed E-state index contributed by atoms with van der Waals surface area (Å²) in [6.07, 6.45) is 3.87. The SMILES string of the molecule is C=C/C(=C(/C)C1=C(C)OCCN1C(=O)OC(C)(C)C)N1CCc2cnc(Nc3ccc(CC(=O)OC)c(F)c3)cc2C1.CC. The highest BCUT2D eigenvalue weighted by Gasteiger charge is 2.32. The smallest absolute Gasteiger partial charge is 0.415 e. The molecule has 0 saturated carbocycles. The number of hydrogen-bond acceptors (Lipinski definition) is 8. The van der Waals surface area contributed by atoms with Crippen LogP contribution in [0.4, 0.5) is 20.7 Å². The number of hydrogen-bond donors (Lipinski definition) is 1. The summed E-state index contributed by atoms with van der Waals surface area (Å²) in [5, 5.41) is 3.16. The number of aromatic nitrogens is 1. The minimum absolute atomic E-state index is 0.133. The quantitative estimate of drug-likeness (QED) is 0.265. The number of fused-ring (bicyclic) bond motifs is 1. The lowest BCUT2D eigenvalue weighted by Gasteiger charge is -2.36. The third-order valence-corrected chi connectivity index (χ3v) is 7.11. The van der Waals surface area contributed by atoms with Crippen LogP contribution in [0.2, 0.25) is 0 Å². The third kappa shape index (κ3) is 8.39. The summed E-state index contributed by atoms with van der Waals surface area (Å²) < 4.78 is 30.8. The summed E-state index contributed by atoms with van der Waals surface area (Å²) in [6, 6.07) is 6.56. The van der Waals surface area contributed by atoms with Gasteiger partial charge >= 0.3 is 12.1 Å². The molecule has 2 aliphatic heterocycles. The van der Waals surface area contributed by atoms with E-state index in [4.69, 9.17) is 9.47 Å². The molecule has 2 aliphatic rings. The van der Waals surface area contributed by atoms with Gasteiger partial charge in [-0.05, 0) is 87.6 Å². The van der Waals surface area contributed by atoms with Gasteiger partial charge < -0.3 is 24.4 Å². The van der Waals surface area contributed by atoms with Crippen molar-refractivity contribution in [2.75, 3.05) is 32.1 Å². The zero-order valence-corrected chi connectivity index (χ0v) is 27.2. The van der Waals surface area contributed by atoms with Crippen LogP contribution in [-0.4, -0.2) is 59.3 Å². The highest BCUT2D eigenvalue weighted by Crippen LogP contribution is 2.32. The molecule has 1 amide bonds. The van der Waals surface area contributed by atoms with Crippen molar-refractivity contribution in [3.8, 4) is 0 Å². The molecule has 0 atom stereocenters. The Labute approximate surface area is 260 Å². The molecule has 0 bridgehead atoms. The van der Waals surface area contributed by atoms with E-state index in [0.29, 0.717) is 42.7 Å². The summed E-state index contributed by atoms with van der Waals surface area (Å²) >= 11 is 0. The van der Waals surface area contributed by atoms with E-state index in [1.807, 2.05) is 66.8 Å². The summed E-state index contributed by atoms with van der Waals surface area (Å²) in [5.41, 5.74) is 4.80. The van der Waals surface area contributed by atoms with Crippen LogP contribution in [0.1, 0.15) is 65.2 Å². The van der Waals surface area contributed by atoms with Gasteiger partial charge in [-0.15, -0.1) is 0 Å². The molecular weight excluding hydrogens is 563 g/mol. The van der Waals surface area contributed by atoms with E-state index >= 15 is 0 Å². The number of nitrogens with one attached hydrogen (secondary N) is 1. The first-order chi connectivity index (χ1) is 20.9. The van der Waals surface area contributed by atoms with Crippen LogP contribution in [0.25, 0.3) is 0 Å². The predicted molar refractivity (Wildman–Crippen MR) is 170 cm³/mol. The van der Waals surface area contributed by atoms with Crippen molar-refractivity contribution in [3.63, 3.8) is 0 Å². The molecule has 0 saturated heterocycles. The van der Waals surface area contributed by atoms with Crippen molar-refractivity contribution >= 4 is 23.6 Å². The number of amides is 1. The predicted octanol–water partition coefficient (Wildman–Crippen LogP) is 7.02. The van der Waals surface area contributed by atoms with Gasteiger partial charge in [0.25, 0.3) is 0 Å². The van der Waals surface area contributed by atoms with Gasteiger partial charge in [0.15, 0.2) is 0 Å². The van der Waals surface area contributed by atoms with Gasteiger partial charge in [-0.2, -0.15) is 0 Å². The number of esters is 1. The number of halogens is 1. The van der Waals surface area contributed by atoms with Crippen LogP contribution >= 0.6 is 0 Å². The maximum atomic E-state index is 14.6. The number of anilines is 2. The number of pyridine rings is 1. The van der Waals surface area contributed by atoms with Crippen LogP contribution in [0.15, 0.2) is 65.8 Å². The maximum absolute atomic E-state index is 14.6. The average Bonchev–Trinajstić information content (AvgIpc) is 2.98. The number of carbonyl (C=O) groups excluding carboxylic acids is 2. The van der Waals surface area contributed by atoms with Gasteiger partial charge in [0.1, 0.15) is 29.6 Å². The maximum Gasteiger partial charge on any atom is 0.415 e. The van der Waals surface area contributed by atoms with Crippen LogP contribution in [-0.2, 0) is 38.4 Å². The average molecular weight is 609 g/mol. The van der Waals surface area contributed by atoms with E-state index in [9.17, 15) is 14.0 Å². The van der Waals surface area contributed by atoms with Gasteiger partial charge in [0.05, 0.1) is 25.8 Å². The molecule has 4 rings (SSSR count). The highest BCUT2D eigenvalue weighted by molar-refractivity contribution is 5.73. The Kier molecular flexibility index (Phi) is 11.6. The first kappa shape index (κ1) is 34.2. The Hall–Kier alpha value is -4.34. The number of rotatable bonds is 7. The summed E-state index contributed by atoms with van der Waals surface area (Å²) in [4.78, 5) is 33.0. The number of ether oxygens (including phenoxy) is 3. The number of allylic oxidation sites excluding steroid dienone is 3. The summed E-state index contributed by atoms with van der Waals surface area (Å²) in [6.45, 7) is 19.6. The Balaban J connectivity index is 0.00000259. The lowest BCUT2D eigenvalue weighted by Crippen LogP contribution is -2.42. The Bertz CT molecular complexity index is 1440. The van der Waals surface area contributed by atoms with Gasteiger partial charge in [-0.25, -0.2) is 14.2 Å². The van der Waals surface area contributed by atoms with Crippen LogP contribution < -0.4 is 5.32 Å². The van der Waals surface area contributed by atoms with Gasteiger partial charge in [-0.1, -0.05) is 26.5 Å². The van der Waals surface area contributed by atoms with E-state index in [2.05, 4.69) is 26.5 Å². The van der Waals surface area contributed by atoms with E-state index in [-0.39, 0.29) is 12.0 Å². The Morgan fingerprint density at radius 2 is 1.91 bits per heavy atom. The summed E-state index contributed by atoms with van der Waals surface area (Å²) in [7, 11) is 1.27. The minimum Gasteiger partial charge on any atom is -0.494 e. The topological polar surface area (TPSA) is 93.2 Å². The van der Waals surface area contributed by atoms with E-state index in [1.54, 1.807) is 17.0 Å². The fraction of sp³-hybridized carbons (Fsp3) is 0.441. The molecule has 1 aromatic carbocycles. The van der Waals surface area contributed by atoms with Crippen molar-refractivity contribution in [2.24, 2.45) is 0 Å². The molecule has 44 heavy (non-hydrogen) atoms. The van der Waals surface area contributed by atoms with Crippen molar-refractivity contribution < 1.29 is 28.2 Å². The molecule has 10 heteroatoms. The molecule has 9 nitrogen and oxygen atoms in total. The third-order valence-electron chi connectivity index (χ3n) is 7.11. The second-order valence-electron chi connectivity index (χ2n) is 11.3. The number of carbonyl (C=O) groups is 2. The van der Waals surface area contributed by atoms with E-state index in [1.165, 1.54) is 13.2 Å². The number of nitrogens with zero attached hydrogens (tertiary/aromatic N) is 3. The number of methoxy groups -OCH3 is 1. The summed E-state index contributed by atoms with van der Waals surface area (Å²) in [5.74, 6) is 0.231. The molecule has 0 unspecified atom stereocenters. The first-order valence-electron chi connectivity index (χ1n) is 14.9. The fourth-order valence-electron chi connectivity index (χ4n) is 5.12. The molecule has 3 heterocycles. The fourth-order valence-corrected chi connectivity index (χ4v) is 5.12. The zero-order chi connectivity index (χ0) is 32.6. The number of benzene rings is 1. The lowest BCUT2D eigenvalue weighted by atomic mass is 9.99. The molecular formula is C34H45FN4O5. The van der Waals surface area contributed by atoms with Crippen LogP contribution in [0, 0.1) is 5.82 Å². The highest BCUT2D eigenvalue weighted by atomic mass is 19.1. The van der Waals surface area contributed by atoms with Crippen molar-refractivity contribution in [2.45, 2.75) is 73.5 Å². The molecule has 0 radical (unpaired) electrons. The zero-order valence-electron chi connectivity index (χ0n) is 27.2. The Morgan fingerprint density at radius 1 is 1.18 bits per heavy atom. The Morgan fingerprint density at radius 3 is 2.55 bits per heavy atom. The van der Waals surface area contributed by atoms with Crippen molar-refractivity contribution in [1.29, 1.82) is 0 Å². The molecule has 0 aliphatic carbocycles. The van der Waals surface area contributed by atoms with Crippen LogP contribution in [0.3, 0.4) is 0 Å². The molecule has 0 fully saturated rings. The van der Waals surface area contributed by atoms with Gasteiger partial charge in [0.2, 0.25) is 0 Å². The molecule has 1 aromatic heterocycles. The first-order valence-corrected chi connectivity index (χ1v) is 14.9. The van der Waals surface area contributed by atoms with Crippen molar-refractivity contribution in [1.82, 2.24) is 14.8 Å². The molecule has 2 aromatic rings. The monoisotopic (exact) mass is 608 g/mol. The normalized spacial score (nSPS) is 15.2. The van der Waals surface area contributed by atoms with E-state index in [0.717, 1.165) is 35.4 Å². The van der Waals surface area contributed by atoms with Gasteiger partial charge in [0, 0.05) is 30.7 Å². The minimum atomic E-state index is -0.624. The second kappa shape index (κ2) is 14.9. The molecule has 238 valence electrons. The van der Waals surface area contributed by atoms with Gasteiger partial charge in [-0.3, -0.25) is 9.69 Å². The second-order valence-corrected chi connectivity index (χ2v) is 11.3. The molecule has 1 N–H and O–H groups in total.